The Labute approximate surface area is 150 Å². The van der Waals surface area contributed by atoms with Gasteiger partial charge in [-0.25, -0.2) is 4.98 Å². The predicted octanol–water partition coefficient (Wildman–Crippen LogP) is 2.53. The molecule has 2 aromatic rings. The first-order valence-electron chi connectivity index (χ1n) is 9.22. The largest absolute Gasteiger partial charge is 0.351 e. The Morgan fingerprint density at radius 2 is 2.28 bits per heavy atom. The highest BCUT2D eigenvalue weighted by Gasteiger charge is 2.26. The second-order valence-corrected chi connectivity index (χ2v) is 6.88. The highest BCUT2D eigenvalue weighted by Crippen LogP contribution is 2.19. The Kier molecular flexibility index (Phi) is 5.87. The van der Waals surface area contributed by atoms with Gasteiger partial charge in [0.1, 0.15) is 5.82 Å². The first-order valence-corrected chi connectivity index (χ1v) is 9.22. The molecular weight excluding hydrogens is 312 g/mol. The van der Waals surface area contributed by atoms with Gasteiger partial charge in [-0.1, -0.05) is 36.8 Å². The van der Waals surface area contributed by atoms with E-state index in [-0.39, 0.29) is 5.91 Å². The smallest absolute Gasteiger partial charge is 0.234 e. The second-order valence-electron chi connectivity index (χ2n) is 6.88. The molecule has 0 saturated carbocycles. The van der Waals surface area contributed by atoms with E-state index in [0.29, 0.717) is 19.1 Å². The summed E-state index contributed by atoms with van der Waals surface area (Å²) in [6.45, 7) is 7.20. The van der Waals surface area contributed by atoms with Crippen LogP contribution in [0.15, 0.2) is 36.7 Å². The topological polar surface area (TPSA) is 50.2 Å². The number of imidazole rings is 1. The predicted molar refractivity (Wildman–Crippen MR) is 99.2 cm³/mol. The van der Waals surface area contributed by atoms with Gasteiger partial charge in [-0.15, -0.1) is 0 Å². The summed E-state index contributed by atoms with van der Waals surface area (Å²) in [7, 11) is 0. The Hall–Kier alpha value is -2.14. The number of amides is 1. The summed E-state index contributed by atoms with van der Waals surface area (Å²) in [6.07, 6.45) is 7.16. The fourth-order valence-electron chi connectivity index (χ4n) is 3.62. The van der Waals surface area contributed by atoms with Gasteiger partial charge in [0, 0.05) is 37.9 Å². The van der Waals surface area contributed by atoms with Gasteiger partial charge < -0.3 is 9.88 Å². The summed E-state index contributed by atoms with van der Waals surface area (Å²) < 4.78 is 2.23. The maximum Gasteiger partial charge on any atom is 0.234 e. The van der Waals surface area contributed by atoms with Gasteiger partial charge in [-0.05, 0) is 31.9 Å². The Balaban J connectivity index is 1.51. The van der Waals surface area contributed by atoms with E-state index in [1.807, 2.05) is 18.5 Å². The number of hydrogen-bond donors (Lipinski definition) is 1. The first kappa shape index (κ1) is 17.7. The number of rotatable bonds is 7. The van der Waals surface area contributed by atoms with Crippen molar-refractivity contribution in [2.24, 2.45) is 0 Å². The fourth-order valence-corrected chi connectivity index (χ4v) is 3.62. The third-order valence-corrected chi connectivity index (χ3v) is 4.94. The highest BCUT2D eigenvalue weighted by atomic mass is 16.2. The van der Waals surface area contributed by atoms with Crippen LogP contribution in [0.1, 0.15) is 36.7 Å². The molecule has 0 radical (unpaired) electrons. The summed E-state index contributed by atoms with van der Waals surface area (Å²) in [6, 6.07) is 8.69. The van der Waals surface area contributed by atoms with Gasteiger partial charge in [0.15, 0.2) is 0 Å². The summed E-state index contributed by atoms with van der Waals surface area (Å²) in [4.78, 5) is 19.1. The number of likely N-dealkylation sites (tertiary alicyclic amines) is 1. The van der Waals surface area contributed by atoms with Crippen molar-refractivity contribution in [3.8, 4) is 0 Å². The van der Waals surface area contributed by atoms with Crippen molar-refractivity contribution >= 4 is 5.91 Å². The minimum absolute atomic E-state index is 0.106. The van der Waals surface area contributed by atoms with Crippen LogP contribution in [0.25, 0.3) is 0 Å². The number of nitrogens with one attached hydrogen (secondary N) is 1. The zero-order valence-corrected chi connectivity index (χ0v) is 15.2. The van der Waals surface area contributed by atoms with Gasteiger partial charge in [0.05, 0.1) is 6.54 Å². The van der Waals surface area contributed by atoms with Crippen LogP contribution < -0.4 is 5.32 Å². The molecule has 1 unspecified atom stereocenters. The molecule has 2 heterocycles. The number of carbonyl (C=O) groups excluding carboxylic acids is 1. The second kappa shape index (κ2) is 8.30. The molecule has 0 bridgehead atoms. The molecule has 1 aliphatic heterocycles. The van der Waals surface area contributed by atoms with Gasteiger partial charge in [0.25, 0.3) is 0 Å². The van der Waals surface area contributed by atoms with Crippen LogP contribution >= 0.6 is 0 Å². The van der Waals surface area contributed by atoms with E-state index < -0.39 is 0 Å². The van der Waals surface area contributed by atoms with Crippen molar-refractivity contribution in [3.63, 3.8) is 0 Å². The number of aromatic nitrogens is 2. The normalized spacial score (nSPS) is 17.8. The highest BCUT2D eigenvalue weighted by molar-refractivity contribution is 5.78. The lowest BCUT2D eigenvalue weighted by Gasteiger charge is -2.24. The van der Waals surface area contributed by atoms with Crippen LogP contribution in [0.5, 0.6) is 0 Å². The number of benzene rings is 1. The Morgan fingerprint density at radius 1 is 1.40 bits per heavy atom. The minimum atomic E-state index is 0.106. The van der Waals surface area contributed by atoms with Crippen molar-refractivity contribution in [3.05, 3.63) is 53.6 Å². The molecule has 1 aromatic carbocycles. The molecule has 3 rings (SSSR count). The lowest BCUT2D eigenvalue weighted by atomic mass is 10.1. The van der Waals surface area contributed by atoms with Crippen molar-refractivity contribution in [2.45, 2.75) is 52.2 Å². The molecule has 1 saturated heterocycles. The molecule has 1 aromatic heterocycles. The average molecular weight is 340 g/mol. The lowest BCUT2D eigenvalue weighted by Crippen LogP contribution is -2.41. The molecule has 1 amide bonds. The van der Waals surface area contributed by atoms with Gasteiger partial charge >= 0.3 is 0 Å². The van der Waals surface area contributed by atoms with Gasteiger partial charge in [0.2, 0.25) is 5.91 Å². The monoisotopic (exact) mass is 340 g/mol. The Morgan fingerprint density at radius 3 is 3.08 bits per heavy atom. The van der Waals surface area contributed by atoms with Crippen LogP contribution in [0, 0.1) is 6.92 Å². The number of carbonyl (C=O) groups is 1. The van der Waals surface area contributed by atoms with Crippen LogP contribution in [0.2, 0.25) is 0 Å². The molecule has 1 fully saturated rings. The number of aryl methyl sites for hydroxylation is 2. The zero-order valence-electron chi connectivity index (χ0n) is 15.2. The third-order valence-electron chi connectivity index (χ3n) is 4.94. The summed E-state index contributed by atoms with van der Waals surface area (Å²) in [5.74, 6) is 1.23. The number of hydrogen-bond acceptors (Lipinski definition) is 3. The molecular formula is C20H28N4O. The maximum absolute atomic E-state index is 12.4. The van der Waals surface area contributed by atoms with E-state index in [4.69, 9.17) is 0 Å². The molecule has 5 nitrogen and oxygen atoms in total. The average Bonchev–Trinajstić information content (AvgIpc) is 3.23. The standard InChI is InChI=1S/C20H28N4O/c1-3-19-21-9-11-24(19)14-18-8-5-10-23(18)15-20(25)22-13-17-7-4-6-16(2)12-17/h4,6-7,9,11-12,18H,3,5,8,10,13-15H2,1-2H3,(H,22,25). The lowest BCUT2D eigenvalue weighted by molar-refractivity contribution is -0.122. The number of nitrogens with zero attached hydrogens (tertiary/aromatic N) is 3. The van der Waals surface area contributed by atoms with E-state index in [0.717, 1.165) is 43.7 Å². The SMILES string of the molecule is CCc1nccn1CC1CCCN1CC(=O)NCc1cccc(C)c1. The van der Waals surface area contributed by atoms with Gasteiger partial charge in [-0.3, -0.25) is 9.69 Å². The summed E-state index contributed by atoms with van der Waals surface area (Å²) >= 11 is 0. The van der Waals surface area contributed by atoms with Gasteiger partial charge in [-0.2, -0.15) is 0 Å². The molecule has 1 atom stereocenters. The van der Waals surface area contributed by atoms with E-state index in [1.165, 1.54) is 5.56 Å². The van der Waals surface area contributed by atoms with Crippen molar-refractivity contribution < 1.29 is 4.79 Å². The molecule has 0 spiro atoms. The molecule has 1 N–H and O–H groups in total. The minimum Gasteiger partial charge on any atom is -0.351 e. The first-order chi connectivity index (χ1) is 12.2. The van der Waals surface area contributed by atoms with Crippen molar-refractivity contribution in [2.75, 3.05) is 13.1 Å². The van der Waals surface area contributed by atoms with Crippen molar-refractivity contribution in [1.82, 2.24) is 19.8 Å². The third kappa shape index (κ3) is 4.69. The van der Waals surface area contributed by atoms with E-state index in [1.54, 1.807) is 0 Å². The zero-order chi connectivity index (χ0) is 17.6. The van der Waals surface area contributed by atoms with Crippen LogP contribution in [0.4, 0.5) is 0 Å². The molecule has 0 aliphatic carbocycles. The van der Waals surface area contributed by atoms with E-state index >= 15 is 0 Å². The molecule has 25 heavy (non-hydrogen) atoms. The van der Waals surface area contributed by atoms with Crippen molar-refractivity contribution in [1.29, 1.82) is 0 Å². The molecule has 5 heteroatoms. The van der Waals surface area contributed by atoms with Crippen LogP contribution in [0.3, 0.4) is 0 Å². The van der Waals surface area contributed by atoms with E-state index in [2.05, 4.69) is 51.8 Å². The maximum atomic E-state index is 12.4. The molecule has 1 aliphatic rings. The summed E-state index contributed by atoms with van der Waals surface area (Å²) in [5, 5.41) is 3.06. The fraction of sp³-hybridized carbons (Fsp3) is 0.500. The quantitative estimate of drug-likeness (QED) is 0.843. The van der Waals surface area contributed by atoms with Crippen LogP contribution in [-0.2, 0) is 24.3 Å². The molecule has 134 valence electrons. The van der Waals surface area contributed by atoms with E-state index in [9.17, 15) is 4.79 Å². The summed E-state index contributed by atoms with van der Waals surface area (Å²) in [5.41, 5.74) is 2.37. The Bertz CT molecular complexity index is 709. The van der Waals surface area contributed by atoms with Crippen LogP contribution in [-0.4, -0.2) is 39.5 Å².